The van der Waals surface area contributed by atoms with Gasteiger partial charge in [0, 0.05) is 10.7 Å². The summed E-state index contributed by atoms with van der Waals surface area (Å²) in [6.07, 6.45) is 1.67. The number of rotatable bonds is 3. The van der Waals surface area contributed by atoms with E-state index in [9.17, 15) is 0 Å². The van der Waals surface area contributed by atoms with Crippen LogP contribution in [0.1, 0.15) is 0 Å². The van der Waals surface area contributed by atoms with E-state index < -0.39 is 0 Å². The van der Waals surface area contributed by atoms with Crippen molar-refractivity contribution < 1.29 is 9.15 Å². The molecule has 0 aliphatic carbocycles. The quantitative estimate of drug-likeness (QED) is 0.770. The van der Waals surface area contributed by atoms with E-state index in [1.54, 1.807) is 6.26 Å². The molecule has 0 fully saturated rings. The maximum absolute atomic E-state index is 5.49. The van der Waals surface area contributed by atoms with Gasteiger partial charge in [0.1, 0.15) is 0 Å². The molecule has 2 nitrogen and oxygen atoms in total. The number of benzene rings is 1. The summed E-state index contributed by atoms with van der Waals surface area (Å²) in [7, 11) is 0. The number of fused-ring (bicyclic) bond motifs is 1. The van der Waals surface area contributed by atoms with E-state index in [-0.39, 0.29) is 0 Å². The van der Waals surface area contributed by atoms with Gasteiger partial charge >= 0.3 is 0 Å². The van der Waals surface area contributed by atoms with Gasteiger partial charge in [0.25, 0.3) is 0 Å². The summed E-state index contributed by atoms with van der Waals surface area (Å²) < 4.78 is 10.8. The predicted octanol–water partition coefficient (Wildman–Crippen LogP) is 3.21. The Balaban J connectivity index is 2.37. The van der Waals surface area contributed by atoms with Crippen molar-refractivity contribution in [1.29, 1.82) is 0 Å². The molecule has 0 saturated heterocycles. The first-order chi connectivity index (χ1) is 6.42. The molecule has 68 valence electrons. The molecule has 3 heteroatoms. The highest BCUT2D eigenvalue weighted by Crippen LogP contribution is 2.26. The smallest absolute Gasteiger partial charge is 0.175 e. The lowest BCUT2D eigenvalue weighted by Crippen LogP contribution is -1.97. The van der Waals surface area contributed by atoms with Crippen molar-refractivity contribution in [3.8, 4) is 5.75 Å². The number of furan rings is 1. The second-order valence-electron chi connectivity index (χ2n) is 2.63. The third-order valence-corrected chi connectivity index (χ3v) is 2.10. The van der Waals surface area contributed by atoms with Crippen molar-refractivity contribution >= 4 is 26.9 Å². The van der Waals surface area contributed by atoms with E-state index >= 15 is 0 Å². The van der Waals surface area contributed by atoms with Gasteiger partial charge in [0.05, 0.1) is 12.9 Å². The molecule has 0 amide bonds. The first-order valence-electron chi connectivity index (χ1n) is 4.07. The van der Waals surface area contributed by atoms with Crippen molar-refractivity contribution in [3.63, 3.8) is 0 Å². The fourth-order valence-corrected chi connectivity index (χ4v) is 1.39. The van der Waals surface area contributed by atoms with Crippen molar-refractivity contribution in [3.05, 3.63) is 30.5 Å². The number of hydrogen-bond acceptors (Lipinski definition) is 2. The van der Waals surface area contributed by atoms with Gasteiger partial charge in [-0.25, -0.2) is 0 Å². The zero-order valence-electron chi connectivity index (χ0n) is 7.00. The van der Waals surface area contributed by atoms with Gasteiger partial charge in [-0.3, -0.25) is 0 Å². The Hall–Kier alpha value is -0.960. The van der Waals surface area contributed by atoms with E-state index in [2.05, 4.69) is 15.9 Å². The van der Waals surface area contributed by atoms with Crippen LogP contribution in [0.3, 0.4) is 0 Å². The molecule has 0 radical (unpaired) electrons. The van der Waals surface area contributed by atoms with E-state index in [0.29, 0.717) is 6.61 Å². The fourth-order valence-electron chi connectivity index (χ4n) is 1.23. The third-order valence-electron chi connectivity index (χ3n) is 1.78. The van der Waals surface area contributed by atoms with Crippen LogP contribution < -0.4 is 4.74 Å². The Labute approximate surface area is 84.6 Å². The van der Waals surface area contributed by atoms with E-state index in [1.165, 1.54) is 0 Å². The Bertz CT molecular complexity index is 394. The number of hydrogen-bond donors (Lipinski definition) is 0. The van der Waals surface area contributed by atoms with Gasteiger partial charge in [-0.2, -0.15) is 0 Å². The van der Waals surface area contributed by atoms with Crippen LogP contribution in [0.2, 0.25) is 0 Å². The zero-order valence-corrected chi connectivity index (χ0v) is 8.58. The van der Waals surface area contributed by atoms with Crippen LogP contribution in [0.15, 0.2) is 34.9 Å². The highest BCUT2D eigenvalue weighted by Gasteiger charge is 2.03. The third kappa shape index (κ3) is 1.70. The number of alkyl halides is 1. The normalized spacial score (nSPS) is 10.5. The summed E-state index contributed by atoms with van der Waals surface area (Å²) in [5.41, 5.74) is 0.823. The van der Waals surface area contributed by atoms with Gasteiger partial charge in [-0.15, -0.1) is 0 Å². The van der Waals surface area contributed by atoms with Crippen LogP contribution in [0.25, 0.3) is 11.0 Å². The molecule has 1 aromatic carbocycles. The monoisotopic (exact) mass is 240 g/mol. The molecule has 0 aliphatic heterocycles. The largest absolute Gasteiger partial charge is 0.489 e. The summed E-state index contributed by atoms with van der Waals surface area (Å²) >= 11 is 3.31. The van der Waals surface area contributed by atoms with Gasteiger partial charge in [0.2, 0.25) is 0 Å². The highest BCUT2D eigenvalue weighted by molar-refractivity contribution is 9.09. The van der Waals surface area contributed by atoms with Gasteiger partial charge < -0.3 is 9.15 Å². The van der Waals surface area contributed by atoms with Crippen LogP contribution >= 0.6 is 15.9 Å². The molecular weight excluding hydrogens is 232 g/mol. The van der Waals surface area contributed by atoms with Crippen LogP contribution in [0.4, 0.5) is 0 Å². The molecule has 0 N–H and O–H groups in total. The molecule has 2 rings (SSSR count). The summed E-state index contributed by atoms with van der Waals surface area (Å²) in [5, 5.41) is 1.90. The van der Waals surface area contributed by atoms with Crippen LogP contribution in [-0.2, 0) is 0 Å². The first-order valence-corrected chi connectivity index (χ1v) is 5.19. The van der Waals surface area contributed by atoms with E-state index in [4.69, 9.17) is 9.15 Å². The van der Waals surface area contributed by atoms with Crippen molar-refractivity contribution in [2.24, 2.45) is 0 Å². The zero-order chi connectivity index (χ0) is 9.10. The summed E-state index contributed by atoms with van der Waals surface area (Å²) in [6, 6.07) is 7.80. The lowest BCUT2D eigenvalue weighted by atomic mass is 10.2. The Kier molecular flexibility index (Phi) is 2.54. The molecule has 0 atom stereocenters. The summed E-state index contributed by atoms with van der Waals surface area (Å²) in [6.45, 7) is 0.653. The van der Waals surface area contributed by atoms with Crippen molar-refractivity contribution in [2.75, 3.05) is 11.9 Å². The van der Waals surface area contributed by atoms with E-state index in [0.717, 1.165) is 22.0 Å². The molecule has 0 spiro atoms. The van der Waals surface area contributed by atoms with Crippen LogP contribution in [-0.4, -0.2) is 11.9 Å². The lowest BCUT2D eigenvalue weighted by molar-refractivity contribution is 0.343. The molecule has 0 bridgehead atoms. The maximum Gasteiger partial charge on any atom is 0.175 e. The van der Waals surface area contributed by atoms with Crippen molar-refractivity contribution in [2.45, 2.75) is 0 Å². The fraction of sp³-hybridized carbons (Fsp3) is 0.200. The molecule has 0 unspecified atom stereocenters. The molecule has 0 aliphatic rings. The summed E-state index contributed by atoms with van der Waals surface area (Å²) in [4.78, 5) is 0. The molecule has 13 heavy (non-hydrogen) atoms. The highest BCUT2D eigenvalue weighted by atomic mass is 79.9. The minimum atomic E-state index is 0.653. The number of halogens is 1. The van der Waals surface area contributed by atoms with Gasteiger partial charge in [0.15, 0.2) is 11.3 Å². The standard InChI is InChI=1S/C10H9BrO2/c11-5-7-12-9-3-1-2-8-4-6-13-10(8)9/h1-4,6H,5,7H2. The Morgan fingerprint density at radius 3 is 3.08 bits per heavy atom. The van der Waals surface area contributed by atoms with Gasteiger partial charge in [-0.05, 0) is 12.1 Å². The van der Waals surface area contributed by atoms with Crippen LogP contribution in [0, 0.1) is 0 Å². The molecule has 1 aromatic heterocycles. The molecular formula is C10H9BrO2. The average Bonchev–Trinajstić information content (AvgIpc) is 2.62. The minimum absolute atomic E-state index is 0.653. The first kappa shape index (κ1) is 8.63. The van der Waals surface area contributed by atoms with E-state index in [1.807, 2.05) is 24.3 Å². The lowest BCUT2D eigenvalue weighted by Gasteiger charge is -2.03. The molecule has 0 saturated carbocycles. The average molecular weight is 241 g/mol. The second kappa shape index (κ2) is 3.83. The number of ether oxygens (including phenoxy) is 1. The van der Waals surface area contributed by atoms with Gasteiger partial charge in [-0.1, -0.05) is 28.1 Å². The topological polar surface area (TPSA) is 22.4 Å². The predicted molar refractivity (Wildman–Crippen MR) is 55.5 cm³/mol. The molecule has 2 aromatic rings. The second-order valence-corrected chi connectivity index (χ2v) is 3.43. The minimum Gasteiger partial charge on any atom is -0.489 e. The maximum atomic E-state index is 5.49. The Morgan fingerprint density at radius 1 is 1.31 bits per heavy atom. The number of para-hydroxylation sites is 1. The SMILES string of the molecule is BrCCOc1cccc2ccoc12. The molecule has 1 heterocycles. The summed E-state index contributed by atoms with van der Waals surface area (Å²) in [5.74, 6) is 0.807. The Morgan fingerprint density at radius 2 is 2.23 bits per heavy atom. The van der Waals surface area contributed by atoms with Crippen LogP contribution in [0.5, 0.6) is 5.75 Å². The van der Waals surface area contributed by atoms with Crippen molar-refractivity contribution in [1.82, 2.24) is 0 Å².